The Morgan fingerprint density at radius 3 is 2.94 bits per heavy atom. The van der Waals surface area contributed by atoms with Gasteiger partial charge in [0.05, 0.1) is 17.9 Å². The predicted molar refractivity (Wildman–Crippen MR) is 68.8 cm³/mol. The topological polar surface area (TPSA) is 42.7 Å². The van der Waals surface area contributed by atoms with Gasteiger partial charge in [0.15, 0.2) is 0 Å². The summed E-state index contributed by atoms with van der Waals surface area (Å²) >= 11 is 0. The van der Waals surface area contributed by atoms with Crippen molar-refractivity contribution >= 4 is 5.95 Å². The van der Waals surface area contributed by atoms with Crippen LogP contribution in [0.2, 0.25) is 0 Å². The molecule has 1 N–H and O–H groups in total. The van der Waals surface area contributed by atoms with Gasteiger partial charge in [-0.2, -0.15) is 0 Å². The van der Waals surface area contributed by atoms with Crippen LogP contribution in [-0.2, 0) is 13.1 Å². The molecule has 0 aliphatic rings. The number of anilines is 1. The third-order valence-electron chi connectivity index (χ3n) is 2.52. The molecule has 0 atom stereocenters. The predicted octanol–water partition coefficient (Wildman–Crippen LogP) is 2.61. The summed E-state index contributed by atoms with van der Waals surface area (Å²) in [5.41, 5.74) is 2.07. The Kier molecular flexibility index (Phi) is 3.75. The van der Waals surface area contributed by atoms with E-state index in [0.29, 0.717) is 6.54 Å². The Bertz CT molecular complexity index is 462. The van der Waals surface area contributed by atoms with Crippen molar-refractivity contribution < 1.29 is 0 Å². The zero-order valence-electron chi connectivity index (χ0n) is 10.3. The van der Waals surface area contributed by atoms with Crippen molar-refractivity contribution in [2.24, 2.45) is 0 Å². The number of rotatable bonds is 5. The fraction of sp³-hybridized carbons (Fsp3) is 0.385. The van der Waals surface area contributed by atoms with Crippen molar-refractivity contribution in [2.45, 2.75) is 33.4 Å². The summed E-state index contributed by atoms with van der Waals surface area (Å²) in [5.74, 6) is 0.926. The molecule has 0 unspecified atom stereocenters. The van der Waals surface area contributed by atoms with Crippen LogP contribution in [0, 0.1) is 6.92 Å². The van der Waals surface area contributed by atoms with Crippen LogP contribution < -0.4 is 5.32 Å². The minimum atomic E-state index is 0.709. The monoisotopic (exact) mass is 230 g/mol. The van der Waals surface area contributed by atoms with E-state index >= 15 is 0 Å². The Labute approximate surface area is 102 Å². The van der Waals surface area contributed by atoms with Crippen LogP contribution in [0.25, 0.3) is 0 Å². The summed E-state index contributed by atoms with van der Waals surface area (Å²) in [5, 5.41) is 3.32. The van der Waals surface area contributed by atoms with Crippen LogP contribution in [0.1, 0.15) is 24.7 Å². The van der Waals surface area contributed by atoms with Gasteiger partial charge < -0.3 is 9.88 Å². The summed E-state index contributed by atoms with van der Waals surface area (Å²) in [6.07, 6.45) is 4.99. The van der Waals surface area contributed by atoms with Gasteiger partial charge in [0.2, 0.25) is 5.95 Å². The maximum Gasteiger partial charge on any atom is 0.203 e. The second-order valence-electron chi connectivity index (χ2n) is 4.07. The van der Waals surface area contributed by atoms with Gasteiger partial charge in [-0.25, -0.2) is 4.98 Å². The van der Waals surface area contributed by atoms with Crippen LogP contribution in [0.15, 0.2) is 30.6 Å². The van der Waals surface area contributed by atoms with E-state index in [0.717, 1.165) is 30.3 Å². The molecule has 0 saturated heterocycles. The van der Waals surface area contributed by atoms with Gasteiger partial charge in [-0.1, -0.05) is 13.0 Å². The molecule has 4 nitrogen and oxygen atoms in total. The van der Waals surface area contributed by atoms with Gasteiger partial charge in [0.1, 0.15) is 0 Å². The van der Waals surface area contributed by atoms with Crippen molar-refractivity contribution in [3.63, 3.8) is 0 Å². The molecule has 2 aromatic heterocycles. The lowest BCUT2D eigenvalue weighted by Crippen LogP contribution is -2.07. The third-order valence-corrected chi connectivity index (χ3v) is 2.52. The molecule has 4 heteroatoms. The first-order valence-corrected chi connectivity index (χ1v) is 5.97. The molecule has 0 saturated carbocycles. The molecule has 0 aromatic carbocycles. The van der Waals surface area contributed by atoms with E-state index in [4.69, 9.17) is 0 Å². The third kappa shape index (κ3) is 3.06. The number of hydrogen-bond donors (Lipinski definition) is 1. The van der Waals surface area contributed by atoms with E-state index in [2.05, 4.69) is 33.0 Å². The quantitative estimate of drug-likeness (QED) is 0.858. The second kappa shape index (κ2) is 5.48. The standard InChI is InChI=1S/C13H18N4/c1-3-8-17-10-11(2)16-13(17)15-9-12-6-4-5-7-14-12/h4-7,10H,3,8-9H2,1-2H3,(H,15,16). The van der Waals surface area contributed by atoms with Gasteiger partial charge in [0, 0.05) is 18.9 Å². The fourth-order valence-corrected chi connectivity index (χ4v) is 1.77. The lowest BCUT2D eigenvalue weighted by atomic mass is 10.3. The largest absolute Gasteiger partial charge is 0.350 e. The number of nitrogens with zero attached hydrogens (tertiary/aromatic N) is 3. The lowest BCUT2D eigenvalue weighted by Gasteiger charge is -2.08. The molecule has 0 radical (unpaired) electrons. The van der Waals surface area contributed by atoms with Crippen molar-refractivity contribution in [1.29, 1.82) is 0 Å². The number of aryl methyl sites for hydroxylation is 2. The van der Waals surface area contributed by atoms with Crippen molar-refractivity contribution in [2.75, 3.05) is 5.32 Å². The minimum absolute atomic E-state index is 0.709. The van der Waals surface area contributed by atoms with Gasteiger partial charge in [-0.3, -0.25) is 4.98 Å². The smallest absolute Gasteiger partial charge is 0.203 e. The van der Waals surface area contributed by atoms with E-state index in [9.17, 15) is 0 Å². The maximum absolute atomic E-state index is 4.47. The van der Waals surface area contributed by atoms with E-state index < -0.39 is 0 Å². The van der Waals surface area contributed by atoms with Gasteiger partial charge in [-0.15, -0.1) is 0 Å². The summed E-state index contributed by atoms with van der Waals surface area (Å²) < 4.78 is 2.15. The summed E-state index contributed by atoms with van der Waals surface area (Å²) in [6, 6.07) is 5.92. The Hall–Kier alpha value is -1.84. The summed E-state index contributed by atoms with van der Waals surface area (Å²) in [7, 11) is 0. The van der Waals surface area contributed by atoms with E-state index in [1.54, 1.807) is 6.20 Å². The molecule has 2 rings (SSSR count). The van der Waals surface area contributed by atoms with Crippen molar-refractivity contribution in [3.05, 3.63) is 42.0 Å². The molecule has 2 heterocycles. The number of pyridine rings is 1. The van der Waals surface area contributed by atoms with Crippen LogP contribution in [0.4, 0.5) is 5.95 Å². The first kappa shape index (κ1) is 11.6. The SMILES string of the molecule is CCCn1cc(C)nc1NCc1ccccn1. The average molecular weight is 230 g/mol. The Morgan fingerprint density at radius 1 is 1.35 bits per heavy atom. The molecule has 17 heavy (non-hydrogen) atoms. The van der Waals surface area contributed by atoms with Gasteiger partial charge >= 0.3 is 0 Å². The van der Waals surface area contributed by atoms with E-state index in [1.165, 1.54) is 0 Å². The Balaban J connectivity index is 2.03. The van der Waals surface area contributed by atoms with Crippen LogP contribution in [0.5, 0.6) is 0 Å². The van der Waals surface area contributed by atoms with Crippen LogP contribution in [0.3, 0.4) is 0 Å². The molecule has 0 aliphatic heterocycles. The summed E-state index contributed by atoms with van der Waals surface area (Å²) in [6.45, 7) is 5.88. The first-order valence-electron chi connectivity index (χ1n) is 5.97. The molecule has 90 valence electrons. The highest BCUT2D eigenvalue weighted by atomic mass is 15.2. The fourth-order valence-electron chi connectivity index (χ4n) is 1.77. The first-order chi connectivity index (χ1) is 8.29. The zero-order valence-corrected chi connectivity index (χ0v) is 10.3. The molecule has 0 fully saturated rings. The van der Waals surface area contributed by atoms with Crippen LogP contribution in [-0.4, -0.2) is 14.5 Å². The molecular formula is C13H18N4. The maximum atomic E-state index is 4.47. The molecular weight excluding hydrogens is 212 g/mol. The minimum Gasteiger partial charge on any atom is -0.350 e. The molecule has 2 aromatic rings. The second-order valence-corrected chi connectivity index (χ2v) is 4.07. The van der Waals surface area contributed by atoms with Crippen molar-refractivity contribution in [3.8, 4) is 0 Å². The van der Waals surface area contributed by atoms with E-state index in [-0.39, 0.29) is 0 Å². The number of imidazole rings is 1. The van der Waals surface area contributed by atoms with Crippen molar-refractivity contribution in [1.82, 2.24) is 14.5 Å². The normalized spacial score (nSPS) is 10.5. The molecule has 0 bridgehead atoms. The van der Waals surface area contributed by atoms with Crippen LogP contribution >= 0.6 is 0 Å². The molecule has 0 amide bonds. The van der Waals surface area contributed by atoms with Gasteiger partial charge in [-0.05, 0) is 25.5 Å². The zero-order chi connectivity index (χ0) is 12.1. The Morgan fingerprint density at radius 2 is 2.24 bits per heavy atom. The van der Waals surface area contributed by atoms with E-state index in [1.807, 2.05) is 25.1 Å². The highest BCUT2D eigenvalue weighted by molar-refractivity contribution is 5.29. The molecule has 0 spiro atoms. The van der Waals surface area contributed by atoms with Gasteiger partial charge in [0.25, 0.3) is 0 Å². The lowest BCUT2D eigenvalue weighted by molar-refractivity contribution is 0.681. The highest BCUT2D eigenvalue weighted by Gasteiger charge is 2.04. The number of aromatic nitrogens is 3. The number of nitrogens with one attached hydrogen (secondary N) is 1. The average Bonchev–Trinajstić information content (AvgIpc) is 2.69. The number of hydrogen-bond acceptors (Lipinski definition) is 3. The summed E-state index contributed by atoms with van der Waals surface area (Å²) in [4.78, 5) is 8.75. The highest BCUT2D eigenvalue weighted by Crippen LogP contribution is 2.10. The molecule has 0 aliphatic carbocycles.